The molecule has 0 radical (unpaired) electrons. The number of rotatable bonds is 5. The molecule has 0 aromatic rings. The largest absolute Gasteiger partial charge is 0.393 e. The minimum atomic E-state index is -1.31. The number of carbonyl (C=O) groups excluding carboxylic acids is 1. The van der Waals surface area contributed by atoms with Crippen LogP contribution >= 0.6 is 0 Å². The van der Waals surface area contributed by atoms with Gasteiger partial charge in [-0.25, -0.2) is 0 Å². The van der Waals surface area contributed by atoms with Gasteiger partial charge in [0.2, 0.25) is 0 Å². The zero-order valence-corrected chi connectivity index (χ0v) is 21.2. The van der Waals surface area contributed by atoms with Gasteiger partial charge in [0.15, 0.2) is 5.78 Å². The molecule has 11 atom stereocenters. The Kier molecular flexibility index (Phi) is 6.45. The number of aliphatic hydroxyl groups is 6. The fourth-order valence-corrected chi connectivity index (χ4v) is 8.25. The molecule has 7 heteroatoms. The molecule has 4 rings (SSSR count). The molecule has 0 aliphatic heterocycles. The van der Waals surface area contributed by atoms with E-state index in [0.717, 1.165) is 18.4 Å². The number of carbonyl (C=O) groups is 1. The fourth-order valence-electron chi connectivity index (χ4n) is 8.25. The van der Waals surface area contributed by atoms with Crippen LogP contribution in [0.2, 0.25) is 0 Å². The zero-order valence-electron chi connectivity index (χ0n) is 21.2. The van der Waals surface area contributed by atoms with Crippen molar-refractivity contribution < 1.29 is 35.4 Å². The van der Waals surface area contributed by atoms with Crippen LogP contribution in [0.25, 0.3) is 0 Å². The average molecular weight is 481 g/mol. The van der Waals surface area contributed by atoms with E-state index in [2.05, 4.69) is 6.92 Å². The maximum atomic E-state index is 13.2. The highest BCUT2D eigenvalue weighted by molar-refractivity contribution is 5.95. The molecule has 4 aliphatic rings. The van der Waals surface area contributed by atoms with E-state index in [4.69, 9.17) is 0 Å². The fraction of sp³-hybridized carbons (Fsp3) is 0.889. The van der Waals surface area contributed by atoms with E-state index in [9.17, 15) is 35.4 Å². The van der Waals surface area contributed by atoms with E-state index in [-0.39, 0.29) is 42.3 Å². The molecular formula is C27H44O7. The van der Waals surface area contributed by atoms with Gasteiger partial charge in [0, 0.05) is 17.8 Å². The standard InChI is InChI=1S/C27H44O7/c1-14(19(28)12-23(32)24(2,3)33)15-7-9-27(34)17-10-20(29)18-11-21(30)22(31)13-25(18,4)16(17)6-8-26(15,27)5/h10,14-16,18-19,21-23,28,30-34H,6-9,11-13H2,1-5H3/t14-,15+,16-,18-,19?,21+,22-,23?,25+,26+,27+/m0/s1. The smallest absolute Gasteiger partial charge is 0.159 e. The van der Waals surface area contributed by atoms with Crippen molar-refractivity contribution in [1.29, 1.82) is 0 Å². The van der Waals surface area contributed by atoms with Crippen molar-refractivity contribution in [3.63, 3.8) is 0 Å². The highest BCUT2D eigenvalue weighted by Gasteiger charge is 2.67. The summed E-state index contributed by atoms with van der Waals surface area (Å²) in [6, 6.07) is 0. The Hall–Kier alpha value is -0.830. The molecule has 7 nitrogen and oxygen atoms in total. The Morgan fingerprint density at radius 3 is 2.35 bits per heavy atom. The number of ketones is 1. The van der Waals surface area contributed by atoms with E-state index in [0.29, 0.717) is 19.3 Å². The maximum absolute atomic E-state index is 13.2. The van der Waals surface area contributed by atoms with Crippen LogP contribution in [-0.2, 0) is 4.79 Å². The van der Waals surface area contributed by atoms with Gasteiger partial charge in [0.1, 0.15) is 0 Å². The molecular weight excluding hydrogens is 436 g/mol. The van der Waals surface area contributed by atoms with E-state index in [1.165, 1.54) is 13.8 Å². The number of hydrogen-bond acceptors (Lipinski definition) is 7. The molecule has 3 fully saturated rings. The highest BCUT2D eigenvalue weighted by Crippen LogP contribution is 2.68. The Morgan fingerprint density at radius 1 is 1.09 bits per heavy atom. The molecule has 0 saturated heterocycles. The Labute approximate surface area is 202 Å². The number of fused-ring (bicyclic) bond motifs is 5. The molecule has 0 amide bonds. The van der Waals surface area contributed by atoms with E-state index in [1.54, 1.807) is 6.08 Å². The van der Waals surface area contributed by atoms with Crippen molar-refractivity contribution in [1.82, 2.24) is 0 Å². The van der Waals surface area contributed by atoms with Gasteiger partial charge in [0.25, 0.3) is 0 Å². The quantitative estimate of drug-likeness (QED) is 0.352. The Morgan fingerprint density at radius 2 is 1.74 bits per heavy atom. The van der Waals surface area contributed by atoms with Gasteiger partial charge in [0.05, 0.1) is 35.6 Å². The second kappa shape index (κ2) is 8.35. The molecule has 0 heterocycles. The van der Waals surface area contributed by atoms with E-state index >= 15 is 0 Å². The minimum absolute atomic E-state index is 0.0113. The molecule has 2 unspecified atom stereocenters. The number of allylic oxidation sites excluding steroid dienone is 1. The average Bonchev–Trinajstić information content (AvgIpc) is 3.00. The van der Waals surface area contributed by atoms with Gasteiger partial charge in [-0.2, -0.15) is 0 Å². The molecule has 3 saturated carbocycles. The lowest BCUT2D eigenvalue weighted by atomic mass is 9.46. The summed E-state index contributed by atoms with van der Waals surface area (Å²) in [6.45, 7) is 9.09. The molecule has 6 N–H and O–H groups in total. The second-order valence-electron chi connectivity index (χ2n) is 13.0. The van der Waals surface area contributed by atoms with Crippen LogP contribution in [0.5, 0.6) is 0 Å². The minimum Gasteiger partial charge on any atom is -0.393 e. The molecule has 34 heavy (non-hydrogen) atoms. The second-order valence-corrected chi connectivity index (χ2v) is 13.0. The van der Waals surface area contributed by atoms with Crippen molar-refractivity contribution in [2.24, 2.45) is 34.5 Å². The van der Waals surface area contributed by atoms with Crippen molar-refractivity contribution in [2.75, 3.05) is 0 Å². The molecule has 4 aliphatic carbocycles. The summed E-state index contributed by atoms with van der Waals surface area (Å²) in [7, 11) is 0. The predicted molar refractivity (Wildman–Crippen MR) is 127 cm³/mol. The van der Waals surface area contributed by atoms with Gasteiger partial charge >= 0.3 is 0 Å². The summed E-state index contributed by atoms with van der Waals surface area (Å²) < 4.78 is 0. The summed E-state index contributed by atoms with van der Waals surface area (Å²) in [4.78, 5) is 13.2. The van der Waals surface area contributed by atoms with Gasteiger partial charge < -0.3 is 30.6 Å². The summed E-state index contributed by atoms with van der Waals surface area (Å²) in [5, 5.41) is 64.2. The first-order valence-electron chi connectivity index (χ1n) is 13.0. The summed E-state index contributed by atoms with van der Waals surface area (Å²) >= 11 is 0. The lowest BCUT2D eigenvalue weighted by Gasteiger charge is -2.60. The summed E-state index contributed by atoms with van der Waals surface area (Å²) in [5.41, 5.74) is -2.75. The van der Waals surface area contributed by atoms with Crippen molar-refractivity contribution in [3.8, 4) is 0 Å². The third kappa shape index (κ3) is 3.73. The Balaban J connectivity index is 1.63. The normalized spacial score (nSPS) is 47.2. The van der Waals surface area contributed by atoms with Crippen molar-refractivity contribution in [2.45, 2.75) is 115 Å². The summed E-state index contributed by atoms with van der Waals surface area (Å²) in [5.74, 6) is -0.673. The summed E-state index contributed by atoms with van der Waals surface area (Å²) in [6.07, 6.45) is 1.34. The van der Waals surface area contributed by atoms with E-state index in [1.807, 2.05) is 13.8 Å². The SMILES string of the molecule is C[C@H](C(O)CC(O)C(C)(C)O)[C@H]1CC[C@@]2(O)C3=CC(=O)[C@@H]4C[C@@H](O)[C@@H](O)C[C@]4(C)[C@H]3CC[C@]12C. The van der Waals surface area contributed by atoms with Crippen LogP contribution < -0.4 is 0 Å². The molecule has 0 bridgehead atoms. The van der Waals surface area contributed by atoms with Crippen LogP contribution in [0.15, 0.2) is 11.6 Å². The zero-order chi connectivity index (χ0) is 25.4. The Bertz CT molecular complexity index is 848. The number of hydrogen-bond donors (Lipinski definition) is 6. The van der Waals surface area contributed by atoms with E-state index < -0.39 is 46.4 Å². The molecule has 0 aromatic heterocycles. The van der Waals surface area contributed by atoms with Crippen LogP contribution in [-0.4, -0.2) is 72.0 Å². The van der Waals surface area contributed by atoms with Gasteiger partial charge in [-0.1, -0.05) is 20.8 Å². The van der Waals surface area contributed by atoms with Crippen molar-refractivity contribution in [3.05, 3.63) is 11.6 Å². The van der Waals surface area contributed by atoms with Crippen molar-refractivity contribution >= 4 is 5.78 Å². The third-order valence-electron chi connectivity index (χ3n) is 10.7. The first-order valence-corrected chi connectivity index (χ1v) is 13.0. The van der Waals surface area contributed by atoms with Crippen LogP contribution in [0.4, 0.5) is 0 Å². The van der Waals surface area contributed by atoms with Gasteiger partial charge in [-0.05, 0) is 87.2 Å². The maximum Gasteiger partial charge on any atom is 0.159 e. The lowest BCUT2D eigenvalue weighted by molar-refractivity contribution is -0.155. The third-order valence-corrected chi connectivity index (χ3v) is 10.7. The lowest BCUT2D eigenvalue weighted by Crippen LogP contribution is -2.61. The van der Waals surface area contributed by atoms with Gasteiger partial charge in [-0.3, -0.25) is 4.79 Å². The molecule has 0 aromatic carbocycles. The topological polar surface area (TPSA) is 138 Å². The van der Waals surface area contributed by atoms with Crippen LogP contribution in [0, 0.1) is 34.5 Å². The first kappa shape index (κ1) is 26.2. The van der Waals surface area contributed by atoms with Gasteiger partial charge in [-0.15, -0.1) is 0 Å². The monoisotopic (exact) mass is 480 g/mol. The van der Waals surface area contributed by atoms with Crippen LogP contribution in [0.3, 0.4) is 0 Å². The molecule has 0 spiro atoms. The first-order chi connectivity index (χ1) is 15.6. The number of aliphatic hydroxyl groups excluding tert-OH is 4. The predicted octanol–water partition coefficient (Wildman–Crippen LogP) is 1.71. The van der Waals surface area contributed by atoms with Crippen LogP contribution in [0.1, 0.15) is 79.6 Å². The molecule has 194 valence electrons. The highest BCUT2D eigenvalue weighted by atomic mass is 16.3.